The summed E-state index contributed by atoms with van der Waals surface area (Å²) < 4.78 is 62.8. The average Bonchev–Trinajstić information content (AvgIpc) is 3.46. The molecular formula is C41H60F3N5O9. The molecular weight excluding hydrogens is 763 g/mol. The summed E-state index contributed by atoms with van der Waals surface area (Å²) in [5, 5.41) is 27.2. The molecule has 1 aromatic heterocycles. The molecule has 2 aromatic carbocycles. The van der Waals surface area contributed by atoms with Crippen LogP contribution in [0.2, 0.25) is 0 Å². The second kappa shape index (κ2) is 25.2. The van der Waals surface area contributed by atoms with Crippen LogP contribution in [0, 0.1) is 11.8 Å². The number of aromatic hydroxyl groups is 1. The standard InChI is InChI=1S/C32H39F3N4O7.C7H15NO2.C2H6/c1-31(2,3)46-30(43)38(23-7-4-9-25(41)19-23)13-6-8-24-20-26-27(10-5-11-28(26)39(24)22-32(33,34)35)37-21-29(42)36-12-15-44-17-18-45-16-14-40;1-5-8-6(9)10-7(2,3)4;1-2/h4-5,7,9-11,19-20,37,40-41H,12-18,21-22H2,1-3H3,(H,36,42);5H2,1-4H3,(H,8,9);1-2H3. The van der Waals surface area contributed by atoms with Crippen molar-refractivity contribution < 1.29 is 56.7 Å². The van der Waals surface area contributed by atoms with Gasteiger partial charge in [0.05, 0.1) is 63.0 Å². The highest BCUT2D eigenvalue weighted by Crippen LogP contribution is 2.30. The molecule has 0 radical (unpaired) electrons. The minimum Gasteiger partial charge on any atom is -0.508 e. The molecule has 3 rings (SSSR count). The van der Waals surface area contributed by atoms with E-state index in [0.29, 0.717) is 36.5 Å². The first kappa shape index (κ1) is 50.8. The number of alkyl halides is 3. The van der Waals surface area contributed by atoms with Gasteiger partial charge >= 0.3 is 18.4 Å². The Kier molecular flexibility index (Phi) is 22.1. The molecule has 0 spiro atoms. The van der Waals surface area contributed by atoms with Crippen molar-refractivity contribution in [1.82, 2.24) is 15.2 Å². The van der Waals surface area contributed by atoms with Gasteiger partial charge in [-0.05, 0) is 84.7 Å². The van der Waals surface area contributed by atoms with Crippen molar-refractivity contribution in [2.24, 2.45) is 0 Å². The van der Waals surface area contributed by atoms with Gasteiger partial charge in [-0.2, -0.15) is 13.2 Å². The van der Waals surface area contributed by atoms with E-state index in [2.05, 4.69) is 27.8 Å². The van der Waals surface area contributed by atoms with Crippen molar-refractivity contribution in [2.75, 3.05) is 69.4 Å². The predicted octanol–water partition coefficient (Wildman–Crippen LogP) is 6.81. The van der Waals surface area contributed by atoms with E-state index in [-0.39, 0.29) is 74.0 Å². The third-order valence-electron chi connectivity index (χ3n) is 6.83. The Bertz CT molecular complexity index is 1770. The Hall–Kier alpha value is -5.18. The maximum Gasteiger partial charge on any atom is 0.415 e. The molecule has 5 N–H and O–H groups in total. The number of fused-ring (bicyclic) bond motifs is 1. The van der Waals surface area contributed by atoms with Gasteiger partial charge in [-0.3, -0.25) is 9.69 Å². The van der Waals surface area contributed by atoms with Crippen LogP contribution in [0.4, 0.5) is 34.1 Å². The summed E-state index contributed by atoms with van der Waals surface area (Å²) in [4.78, 5) is 37.2. The number of aliphatic hydroxyl groups excluding tert-OH is 1. The summed E-state index contributed by atoms with van der Waals surface area (Å²) in [6.07, 6.45) is -5.65. The van der Waals surface area contributed by atoms with Crippen LogP contribution in [0.5, 0.6) is 5.75 Å². The number of alkyl carbamates (subject to hydrolysis) is 1. The second-order valence-corrected chi connectivity index (χ2v) is 14.0. The van der Waals surface area contributed by atoms with Crippen molar-refractivity contribution >= 4 is 40.4 Å². The highest BCUT2D eigenvalue weighted by molar-refractivity contribution is 5.95. The topological polar surface area (TPSA) is 173 Å². The molecule has 0 atom stereocenters. The molecule has 0 fully saturated rings. The van der Waals surface area contributed by atoms with Gasteiger partial charge in [0.1, 0.15) is 23.5 Å². The van der Waals surface area contributed by atoms with Gasteiger partial charge < -0.3 is 49.7 Å². The first-order valence-corrected chi connectivity index (χ1v) is 18.9. The number of hydrogen-bond acceptors (Lipinski definition) is 10. The number of carbonyl (C=O) groups is 3. The summed E-state index contributed by atoms with van der Waals surface area (Å²) in [5.41, 5.74) is -0.193. The number of phenols is 1. The minimum atomic E-state index is -4.55. The fourth-order valence-electron chi connectivity index (χ4n) is 4.69. The van der Waals surface area contributed by atoms with Gasteiger partial charge in [0.15, 0.2) is 0 Å². The van der Waals surface area contributed by atoms with E-state index in [4.69, 9.17) is 24.1 Å². The largest absolute Gasteiger partial charge is 0.508 e. The molecule has 58 heavy (non-hydrogen) atoms. The number of carbonyl (C=O) groups excluding carboxylic acids is 3. The van der Waals surface area contributed by atoms with Gasteiger partial charge in [0.2, 0.25) is 5.91 Å². The Morgan fingerprint density at radius 3 is 2.09 bits per heavy atom. The Morgan fingerprint density at radius 1 is 0.862 bits per heavy atom. The number of halogens is 3. The van der Waals surface area contributed by atoms with E-state index in [1.165, 1.54) is 35.2 Å². The van der Waals surface area contributed by atoms with Crippen molar-refractivity contribution in [3.05, 3.63) is 54.2 Å². The summed E-state index contributed by atoms with van der Waals surface area (Å²) in [7, 11) is 0. The number of benzene rings is 2. The van der Waals surface area contributed by atoms with Gasteiger partial charge in [-0.15, -0.1) is 0 Å². The maximum absolute atomic E-state index is 13.6. The zero-order valence-electron chi connectivity index (χ0n) is 35.0. The summed E-state index contributed by atoms with van der Waals surface area (Å²) in [5.74, 6) is 5.11. The third-order valence-corrected chi connectivity index (χ3v) is 6.83. The lowest BCUT2D eigenvalue weighted by Crippen LogP contribution is -2.37. The smallest absolute Gasteiger partial charge is 0.415 e. The Balaban J connectivity index is 0.00000122. The monoisotopic (exact) mass is 823 g/mol. The van der Waals surface area contributed by atoms with E-state index in [0.717, 1.165) is 4.57 Å². The van der Waals surface area contributed by atoms with Crippen LogP contribution in [-0.4, -0.2) is 109 Å². The Morgan fingerprint density at radius 2 is 1.50 bits per heavy atom. The summed E-state index contributed by atoms with van der Waals surface area (Å²) >= 11 is 0. The van der Waals surface area contributed by atoms with Crippen LogP contribution in [0.15, 0.2) is 48.5 Å². The quantitative estimate of drug-likeness (QED) is 0.0810. The number of hydrogen-bond donors (Lipinski definition) is 5. The molecule has 3 aromatic rings. The van der Waals surface area contributed by atoms with Crippen LogP contribution in [0.1, 0.15) is 68.0 Å². The van der Waals surface area contributed by atoms with Gasteiger partial charge in [0, 0.05) is 30.2 Å². The van der Waals surface area contributed by atoms with E-state index < -0.39 is 24.4 Å². The van der Waals surface area contributed by atoms with Crippen LogP contribution in [0.25, 0.3) is 10.9 Å². The van der Waals surface area contributed by atoms with E-state index in [9.17, 15) is 32.7 Å². The molecule has 17 heteroatoms. The Labute approximate surface area is 339 Å². The van der Waals surface area contributed by atoms with E-state index >= 15 is 0 Å². The number of rotatable bonds is 15. The van der Waals surface area contributed by atoms with Gasteiger partial charge in [-0.1, -0.05) is 31.9 Å². The van der Waals surface area contributed by atoms with E-state index in [1.807, 2.05) is 41.5 Å². The maximum atomic E-state index is 13.6. The van der Waals surface area contributed by atoms with Crippen LogP contribution >= 0.6 is 0 Å². The predicted molar refractivity (Wildman–Crippen MR) is 218 cm³/mol. The van der Waals surface area contributed by atoms with Crippen molar-refractivity contribution in [1.29, 1.82) is 0 Å². The van der Waals surface area contributed by atoms with E-state index in [1.54, 1.807) is 39.0 Å². The first-order valence-electron chi connectivity index (χ1n) is 18.9. The zero-order valence-corrected chi connectivity index (χ0v) is 35.0. The number of aliphatic hydroxyl groups is 1. The average molecular weight is 824 g/mol. The molecule has 0 bridgehead atoms. The fourth-order valence-corrected chi connectivity index (χ4v) is 4.69. The lowest BCUT2D eigenvalue weighted by Gasteiger charge is -2.26. The number of amides is 3. The highest BCUT2D eigenvalue weighted by atomic mass is 19.4. The molecule has 0 saturated carbocycles. The molecule has 0 saturated heterocycles. The van der Waals surface area contributed by atoms with Crippen molar-refractivity contribution in [2.45, 2.75) is 86.2 Å². The van der Waals surface area contributed by atoms with Gasteiger partial charge in [0.25, 0.3) is 0 Å². The normalized spacial score (nSPS) is 11.1. The lowest BCUT2D eigenvalue weighted by atomic mass is 10.2. The fraction of sp³-hybridized carbons (Fsp3) is 0.537. The van der Waals surface area contributed by atoms with Gasteiger partial charge in [-0.25, -0.2) is 9.59 Å². The number of phenolic OH excluding ortho intramolecular Hbond substituents is 1. The second-order valence-electron chi connectivity index (χ2n) is 14.0. The molecule has 0 unspecified atom stereocenters. The molecule has 1 heterocycles. The minimum absolute atomic E-state index is 0.0474. The lowest BCUT2D eigenvalue weighted by molar-refractivity contribution is -0.140. The van der Waals surface area contributed by atoms with Crippen LogP contribution in [-0.2, 0) is 30.3 Å². The number of nitrogens with one attached hydrogen (secondary N) is 3. The van der Waals surface area contributed by atoms with Crippen molar-refractivity contribution in [3.8, 4) is 17.6 Å². The summed E-state index contributed by atoms with van der Waals surface area (Å²) in [6.45, 7) is 16.6. The highest BCUT2D eigenvalue weighted by Gasteiger charge is 2.30. The SMILES string of the molecule is CC.CC(C)(C)OC(=O)N(CC#Cc1cc2c(NCC(=O)NCCOCCOCCO)cccc2n1CC(F)(F)F)c1cccc(O)c1.CCNC(=O)OC(C)(C)C. The molecule has 14 nitrogen and oxygen atoms in total. The van der Waals surface area contributed by atoms with Crippen molar-refractivity contribution in [3.63, 3.8) is 0 Å². The molecule has 0 aliphatic heterocycles. The molecule has 3 amide bonds. The number of aromatic nitrogens is 1. The number of nitrogens with zero attached hydrogens (tertiary/aromatic N) is 2. The van der Waals surface area contributed by atoms with Crippen LogP contribution in [0.3, 0.4) is 0 Å². The first-order chi connectivity index (χ1) is 27.2. The number of ether oxygens (including phenoxy) is 4. The summed E-state index contributed by atoms with van der Waals surface area (Å²) in [6, 6.07) is 12.1. The molecule has 324 valence electrons. The molecule has 0 aliphatic carbocycles. The molecule has 0 aliphatic rings. The third kappa shape index (κ3) is 20.8. The number of anilines is 2. The zero-order chi connectivity index (χ0) is 43.9. The van der Waals surface area contributed by atoms with Crippen LogP contribution < -0.4 is 20.9 Å².